The monoisotopic (exact) mass is 350 g/mol. The molecule has 0 aliphatic carbocycles. The van der Waals surface area contributed by atoms with Crippen LogP contribution < -0.4 is 0 Å². The maximum atomic E-state index is 13.2. The second-order valence-corrected chi connectivity index (χ2v) is 5.48. The van der Waals surface area contributed by atoms with Gasteiger partial charge in [-0.1, -0.05) is 6.92 Å². The molecule has 0 spiro atoms. The van der Waals surface area contributed by atoms with Crippen LogP contribution in [0.2, 0.25) is 0 Å². The Balaban J connectivity index is 0.000000613. The molecule has 0 bridgehead atoms. The van der Waals surface area contributed by atoms with Crippen LogP contribution in [0.25, 0.3) is 28.0 Å². The molecule has 3 heterocycles. The van der Waals surface area contributed by atoms with Crippen LogP contribution in [-0.4, -0.2) is 25.7 Å². The molecule has 1 N–H and O–H groups in total. The van der Waals surface area contributed by atoms with E-state index in [1.807, 2.05) is 28.9 Å². The van der Waals surface area contributed by atoms with Gasteiger partial charge in [-0.25, -0.2) is 9.37 Å². The molecule has 4 rings (SSSR count). The number of pyridine rings is 1. The minimum atomic E-state index is -0.249. The molecule has 0 amide bonds. The van der Waals surface area contributed by atoms with Crippen LogP contribution in [0.15, 0.2) is 55.0 Å². The van der Waals surface area contributed by atoms with Crippen LogP contribution in [-0.2, 0) is 16.0 Å². The van der Waals surface area contributed by atoms with E-state index >= 15 is 0 Å². The highest BCUT2D eigenvalue weighted by Gasteiger charge is 2.16. The fraction of sp³-hybridized carbons (Fsp3) is 0.105. The summed E-state index contributed by atoms with van der Waals surface area (Å²) in [5, 5.41) is 7.57. The molecule has 0 aliphatic rings. The highest BCUT2D eigenvalue weighted by atomic mass is 19.1. The number of rotatable bonds is 3. The fourth-order valence-corrected chi connectivity index (χ4v) is 2.83. The van der Waals surface area contributed by atoms with Crippen LogP contribution >= 0.6 is 0 Å². The van der Waals surface area contributed by atoms with Gasteiger partial charge in [0.05, 0.1) is 0 Å². The number of nitrogens with zero attached hydrogens (tertiary/aromatic N) is 3. The molecule has 0 saturated carbocycles. The molecule has 6 nitrogen and oxygen atoms in total. The third-order valence-electron chi connectivity index (χ3n) is 3.99. The first-order chi connectivity index (χ1) is 12.7. The van der Waals surface area contributed by atoms with Gasteiger partial charge < -0.3 is 4.40 Å². The van der Waals surface area contributed by atoms with Crippen molar-refractivity contribution in [2.75, 3.05) is 0 Å². The van der Waals surface area contributed by atoms with Crippen molar-refractivity contribution in [2.24, 2.45) is 0 Å². The Morgan fingerprint density at radius 1 is 1.12 bits per heavy atom. The summed E-state index contributed by atoms with van der Waals surface area (Å²) in [7, 11) is 0. The first-order valence-corrected chi connectivity index (χ1v) is 7.93. The number of aromatic nitrogens is 4. The van der Waals surface area contributed by atoms with Crippen LogP contribution in [0.5, 0.6) is 0 Å². The van der Waals surface area contributed by atoms with Crippen LogP contribution in [0.4, 0.5) is 4.39 Å². The molecule has 0 radical (unpaired) electrons. The smallest absolute Gasteiger partial charge is 0.306 e. The van der Waals surface area contributed by atoms with E-state index in [0.717, 1.165) is 40.1 Å². The summed E-state index contributed by atoms with van der Waals surface area (Å²) >= 11 is 0. The van der Waals surface area contributed by atoms with Crippen molar-refractivity contribution >= 4 is 11.8 Å². The molecular formula is C19H15FN4O2. The maximum Gasteiger partial charge on any atom is 0.373 e. The van der Waals surface area contributed by atoms with Gasteiger partial charge in [0, 0.05) is 41.0 Å². The molecule has 0 unspecified atom stereocenters. The number of aryl methyl sites for hydroxylation is 1. The van der Waals surface area contributed by atoms with Crippen molar-refractivity contribution in [1.29, 1.82) is 0 Å². The van der Waals surface area contributed by atoms with Gasteiger partial charge in [-0.15, -0.1) is 0 Å². The lowest BCUT2D eigenvalue weighted by Crippen LogP contribution is -1.90. The molecule has 4 aromatic rings. The summed E-state index contributed by atoms with van der Waals surface area (Å²) in [4.78, 5) is 20.5. The molecule has 3 aromatic heterocycles. The lowest BCUT2D eigenvalue weighted by molar-refractivity contribution is -0.191. The van der Waals surface area contributed by atoms with E-state index in [1.54, 1.807) is 18.3 Å². The number of hydrogen-bond donors (Lipinski definition) is 1. The number of imidazole rings is 1. The quantitative estimate of drug-likeness (QED) is 0.613. The highest BCUT2D eigenvalue weighted by Crippen LogP contribution is 2.33. The van der Waals surface area contributed by atoms with Gasteiger partial charge in [0.1, 0.15) is 17.2 Å². The third kappa shape index (κ3) is 3.29. The summed E-state index contributed by atoms with van der Waals surface area (Å²) in [5.74, 6) is -0.249. The minimum Gasteiger partial charge on any atom is -0.306 e. The Hall–Kier alpha value is -3.57. The summed E-state index contributed by atoms with van der Waals surface area (Å²) < 4.78 is 15.2. The predicted octanol–water partition coefficient (Wildman–Crippen LogP) is 3.51. The number of fused-ring (bicyclic) bond motifs is 1. The van der Waals surface area contributed by atoms with Gasteiger partial charge in [0.15, 0.2) is 0 Å². The van der Waals surface area contributed by atoms with E-state index < -0.39 is 0 Å². The summed E-state index contributed by atoms with van der Waals surface area (Å²) in [6, 6.07) is 10.4. The predicted molar refractivity (Wildman–Crippen MR) is 92.6 cm³/mol. The van der Waals surface area contributed by atoms with Crippen molar-refractivity contribution in [3.63, 3.8) is 0 Å². The zero-order valence-electron chi connectivity index (χ0n) is 13.9. The van der Waals surface area contributed by atoms with Crippen molar-refractivity contribution in [3.8, 4) is 22.4 Å². The molecular weight excluding hydrogens is 335 g/mol. The van der Waals surface area contributed by atoms with Gasteiger partial charge in [0.25, 0.3) is 0 Å². The number of nitrogens with one attached hydrogen (secondary N) is 1. The molecule has 0 saturated heterocycles. The van der Waals surface area contributed by atoms with E-state index in [2.05, 4.69) is 22.1 Å². The average molecular weight is 350 g/mol. The molecule has 26 heavy (non-hydrogen) atoms. The molecule has 130 valence electrons. The van der Waals surface area contributed by atoms with Crippen molar-refractivity contribution in [1.82, 2.24) is 19.6 Å². The average Bonchev–Trinajstić information content (AvgIpc) is 3.28. The largest absolute Gasteiger partial charge is 0.373 e. The SMILES string of the molecule is CCc1[nH]nc(-c2ccc(F)cc2)c1-c1ccc2nccn2c1.O=C=O. The zero-order chi connectivity index (χ0) is 18.5. The van der Waals surface area contributed by atoms with E-state index in [9.17, 15) is 4.39 Å². The van der Waals surface area contributed by atoms with E-state index in [4.69, 9.17) is 9.59 Å². The van der Waals surface area contributed by atoms with Crippen molar-refractivity contribution in [2.45, 2.75) is 13.3 Å². The molecule has 1 aromatic carbocycles. The van der Waals surface area contributed by atoms with E-state index in [-0.39, 0.29) is 12.0 Å². The van der Waals surface area contributed by atoms with Crippen LogP contribution in [0.1, 0.15) is 12.6 Å². The summed E-state index contributed by atoms with van der Waals surface area (Å²) in [5.41, 5.74) is 5.79. The lowest BCUT2D eigenvalue weighted by atomic mass is 9.99. The Bertz CT molecular complexity index is 1060. The van der Waals surface area contributed by atoms with Gasteiger partial charge in [-0.2, -0.15) is 14.7 Å². The van der Waals surface area contributed by atoms with Crippen LogP contribution in [0.3, 0.4) is 0 Å². The van der Waals surface area contributed by atoms with Crippen LogP contribution in [0, 0.1) is 5.82 Å². The van der Waals surface area contributed by atoms with Gasteiger partial charge in [-0.3, -0.25) is 5.10 Å². The maximum absolute atomic E-state index is 13.2. The molecule has 0 fully saturated rings. The lowest BCUT2D eigenvalue weighted by Gasteiger charge is -2.07. The number of benzene rings is 1. The fourth-order valence-electron chi connectivity index (χ4n) is 2.83. The number of H-pyrrole nitrogens is 1. The normalized spacial score (nSPS) is 10.2. The number of aromatic amines is 1. The highest BCUT2D eigenvalue weighted by molar-refractivity contribution is 5.82. The van der Waals surface area contributed by atoms with Gasteiger partial charge >= 0.3 is 6.15 Å². The molecule has 0 atom stereocenters. The topological polar surface area (TPSA) is 80.1 Å². The number of halogens is 1. The number of hydrogen-bond acceptors (Lipinski definition) is 4. The second-order valence-electron chi connectivity index (χ2n) is 5.48. The van der Waals surface area contributed by atoms with Crippen molar-refractivity contribution in [3.05, 3.63) is 66.5 Å². The second kappa shape index (κ2) is 7.55. The minimum absolute atomic E-state index is 0.249. The first kappa shape index (κ1) is 17.3. The Morgan fingerprint density at radius 2 is 1.81 bits per heavy atom. The van der Waals surface area contributed by atoms with E-state index in [0.29, 0.717) is 0 Å². The number of carbonyl (C=O) groups excluding carboxylic acids is 2. The molecule has 0 aliphatic heterocycles. The molecule has 7 heteroatoms. The van der Waals surface area contributed by atoms with Gasteiger partial charge in [0.2, 0.25) is 0 Å². The standard InChI is InChI=1S/C18H15FN4.CO2/c1-2-15-17(13-5-8-16-20-9-10-23(16)11-13)18(22-21-15)12-3-6-14(19)7-4-12;2-1-3/h3-11H,2H2,1H3,(H,21,22);. The third-order valence-corrected chi connectivity index (χ3v) is 3.99. The van der Waals surface area contributed by atoms with Crippen molar-refractivity contribution < 1.29 is 14.0 Å². The Labute approximate surface area is 148 Å². The van der Waals surface area contributed by atoms with Gasteiger partial charge in [-0.05, 0) is 42.8 Å². The Morgan fingerprint density at radius 3 is 2.50 bits per heavy atom. The summed E-state index contributed by atoms with van der Waals surface area (Å²) in [6.07, 6.45) is 6.82. The summed E-state index contributed by atoms with van der Waals surface area (Å²) in [6.45, 7) is 2.08. The Kier molecular flexibility index (Phi) is 5.01. The first-order valence-electron chi connectivity index (χ1n) is 7.93. The zero-order valence-corrected chi connectivity index (χ0v) is 13.9. The van der Waals surface area contributed by atoms with E-state index in [1.165, 1.54) is 12.1 Å².